The van der Waals surface area contributed by atoms with Crippen LogP contribution >= 0.6 is 12.4 Å². The fourth-order valence-corrected chi connectivity index (χ4v) is 2.66. The Labute approximate surface area is 153 Å². The third kappa shape index (κ3) is 3.79. The molecule has 7 heteroatoms. The van der Waals surface area contributed by atoms with Crippen LogP contribution in [0.15, 0.2) is 28.8 Å². The number of methoxy groups -OCH3 is 2. The zero-order valence-electron chi connectivity index (χ0n) is 15.0. The van der Waals surface area contributed by atoms with Gasteiger partial charge in [-0.15, -0.1) is 12.4 Å². The van der Waals surface area contributed by atoms with Gasteiger partial charge in [0.1, 0.15) is 28.8 Å². The van der Waals surface area contributed by atoms with Crippen LogP contribution < -0.4 is 9.47 Å². The molecule has 0 bridgehead atoms. The molecule has 0 amide bonds. The normalized spacial score (nSPS) is 10.4. The number of aromatic nitrogens is 3. The lowest BCUT2D eigenvalue weighted by Gasteiger charge is -2.07. The molecule has 134 valence electrons. The largest absolute Gasteiger partial charge is 0.497 e. The van der Waals surface area contributed by atoms with E-state index in [0.717, 1.165) is 34.3 Å². The highest BCUT2D eigenvalue weighted by molar-refractivity contribution is 5.85. The van der Waals surface area contributed by atoms with Crippen molar-refractivity contribution < 1.29 is 13.9 Å². The number of ether oxygens (including phenoxy) is 2. The number of halogens is 1. The maximum Gasteiger partial charge on any atom is 0.230 e. The van der Waals surface area contributed by atoms with Gasteiger partial charge in [0.05, 0.1) is 32.0 Å². The molecule has 0 radical (unpaired) electrons. The minimum atomic E-state index is 0. The maximum absolute atomic E-state index is 5.88. The first-order chi connectivity index (χ1) is 11.5. The van der Waals surface area contributed by atoms with E-state index in [9.17, 15) is 0 Å². The number of hydrogen-bond acceptors (Lipinski definition) is 5. The van der Waals surface area contributed by atoms with Crippen molar-refractivity contribution in [1.82, 2.24) is 14.5 Å². The van der Waals surface area contributed by atoms with Gasteiger partial charge in [0.15, 0.2) is 0 Å². The smallest absolute Gasteiger partial charge is 0.230 e. The van der Waals surface area contributed by atoms with Crippen molar-refractivity contribution in [3.8, 4) is 23.0 Å². The molecule has 0 unspecified atom stereocenters. The Balaban J connectivity index is 0.00000225. The number of nitrogens with zero attached hydrogens (tertiary/aromatic N) is 3. The van der Waals surface area contributed by atoms with Crippen molar-refractivity contribution in [3.05, 3.63) is 47.4 Å². The lowest BCUT2D eigenvalue weighted by atomic mass is 10.2. The minimum absolute atomic E-state index is 0. The van der Waals surface area contributed by atoms with Gasteiger partial charge in [0, 0.05) is 6.20 Å². The van der Waals surface area contributed by atoms with Crippen molar-refractivity contribution in [2.45, 2.75) is 27.3 Å². The molecule has 0 N–H and O–H groups in total. The minimum Gasteiger partial charge on any atom is -0.497 e. The Morgan fingerprint density at radius 1 is 1.08 bits per heavy atom. The first-order valence-corrected chi connectivity index (χ1v) is 7.71. The predicted molar refractivity (Wildman–Crippen MR) is 97.8 cm³/mol. The summed E-state index contributed by atoms with van der Waals surface area (Å²) in [6.07, 6.45) is 2.01. The van der Waals surface area contributed by atoms with Gasteiger partial charge in [0.2, 0.25) is 5.89 Å². The molecule has 0 saturated carbocycles. The average Bonchev–Trinajstić information content (AvgIpc) is 3.09. The van der Waals surface area contributed by atoms with Crippen LogP contribution in [0.1, 0.15) is 23.0 Å². The lowest BCUT2D eigenvalue weighted by Crippen LogP contribution is -2.02. The molecular formula is C18H22ClN3O3. The molecule has 0 spiro atoms. The molecular weight excluding hydrogens is 342 g/mol. The number of hydrogen-bond donors (Lipinski definition) is 0. The molecule has 0 aliphatic heterocycles. The van der Waals surface area contributed by atoms with Crippen molar-refractivity contribution in [2.24, 2.45) is 0 Å². The van der Waals surface area contributed by atoms with Crippen molar-refractivity contribution >= 4 is 12.4 Å². The molecule has 25 heavy (non-hydrogen) atoms. The Kier molecular flexibility index (Phi) is 5.74. The second-order valence-corrected chi connectivity index (χ2v) is 5.65. The second-order valence-electron chi connectivity index (χ2n) is 5.65. The van der Waals surface area contributed by atoms with Gasteiger partial charge in [-0.25, -0.2) is 9.97 Å². The van der Waals surface area contributed by atoms with Crippen LogP contribution in [0.3, 0.4) is 0 Å². The van der Waals surface area contributed by atoms with Crippen LogP contribution in [-0.2, 0) is 6.54 Å². The summed E-state index contributed by atoms with van der Waals surface area (Å²) in [6, 6.07) is 5.55. The molecule has 0 saturated heterocycles. The predicted octanol–water partition coefficient (Wildman–Crippen LogP) is 3.95. The van der Waals surface area contributed by atoms with Gasteiger partial charge in [0.25, 0.3) is 0 Å². The van der Waals surface area contributed by atoms with E-state index >= 15 is 0 Å². The van der Waals surface area contributed by atoms with Gasteiger partial charge < -0.3 is 18.5 Å². The molecule has 0 fully saturated rings. The SMILES string of the molecule is COc1ccc(OC)c(-c2nc(Cn3cc(C)nc3C)c(C)o2)c1.Cl. The number of oxazole rings is 1. The Morgan fingerprint density at radius 3 is 2.44 bits per heavy atom. The fraction of sp³-hybridized carbons (Fsp3) is 0.333. The Bertz CT molecular complexity index is 871. The summed E-state index contributed by atoms with van der Waals surface area (Å²) in [7, 11) is 3.25. The maximum atomic E-state index is 5.88. The van der Waals surface area contributed by atoms with Gasteiger partial charge >= 0.3 is 0 Å². The van der Waals surface area contributed by atoms with Crippen LogP contribution in [0.4, 0.5) is 0 Å². The highest BCUT2D eigenvalue weighted by Gasteiger charge is 2.17. The first kappa shape index (κ1) is 18.9. The quantitative estimate of drug-likeness (QED) is 0.686. The molecule has 2 heterocycles. The zero-order valence-corrected chi connectivity index (χ0v) is 15.8. The Morgan fingerprint density at radius 2 is 1.84 bits per heavy atom. The average molecular weight is 364 g/mol. The number of imidazole rings is 1. The lowest BCUT2D eigenvalue weighted by molar-refractivity contribution is 0.402. The van der Waals surface area contributed by atoms with E-state index in [1.54, 1.807) is 14.2 Å². The van der Waals surface area contributed by atoms with Crippen LogP contribution in [0.5, 0.6) is 11.5 Å². The van der Waals surface area contributed by atoms with E-state index in [1.165, 1.54) is 0 Å². The van der Waals surface area contributed by atoms with E-state index in [0.29, 0.717) is 18.2 Å². The number of benzene rings is 1. The summed E-state index contributed by atoms with van der Waals surface area (Å²) < 4.78 is 18.7. The van der Waals surface area contributed by atoms with Crippen molar-refractivity contribution in [3.63, 3.8) is 0 Å². The van der Waals surface area contributed by atoms with Crippen molar-refractivity contribution in [2.75, 3.05) is 14.2 Å². The van der Waals surface area contributed by atoms with Crippen LogP contribution in [0, 0.1) is 20.8 Å². The fourth-order valence-electron chi connectivity index (χ4n) is 2.66. The summed E-state index contributed by atoms with van der Waals surface area (Å²) in [4.78, 5) is 9.08. The van der Waals surface area contributed by atoms with Gasteiger partial charge in [-0.3, -0.25) is 0 Å². The summed E-state index contributed by atoms with van der Waals surface area (Å²) in [5.74, 6) is 3.67. The molecule has 2 aromatic heterocycles. The summed E-state index contributed by atoms with van der Waals surface area (Å²) >= 11 is 0. The monoisotopic (exact) mass is 363 g/mol. The molecule has 0 aliphatic rings. The number of rotatable bonds is 5. The summed E-state index contributed by atoms with van der Waals surface area (Å²) in [6.45, 7) is 6.49. The molecule has 1 aromatic carbocycles. The van der Waals surface area contributed by atoms with Gasteiger partial charge in [-0.2, -0.15) is 0 Å². The number of aryl methyl sites for hydroxylation is 3. The zero-order chi connectivity index (χ0) is 17.3. The van der Waals surface area contributed by atoms with Crippen LogP contribution in [0.2, 0.25) is 0 Å². The summed E-state index contributed by atoms with van der Waals surface area (Å²) in [5.41, 5.74) is 2.63. The van der Waals surface area contributed by atoms with Crippen LogP contribution in [0.25, 0.3) is 11.5 Å². The van der Waals surface area contributed by atoms with E-state index in [-0.39, 0.29) is 12.4 Å². The highest BCUT2D eigenvalue weighted by atomic mass is 35.5. The summed E-state index contributed by atoms with van der Waals surface area (Å²) in [5, 5.41) is 0. The third-order valence-corrected chi connectivity index (χ3v) is 3.95. The second kappa shape index (κ2) is 7.61. The molecule has 3 aromatic rings. The topological polar surface area (TPSA) is 62.3 Å². The molecule has 3 rings (SSSR count). The molecule has 6 nitrogen and oxygen atoms in total. The van der Waals surface area contributed by atoms with E-state index in [1.807, 2.05) is 45.2 Å². The molecule has 0 aliphatic carbocycles. The van der Waals surface area contributed by atoms with E-state index in [2.05, 4.69) is 14.5 Å². The van der Waals surface area contributed by atoms with Crippen molar-refractivity contribution in [1.29, 1.82) is 0 Å². The standard InChI is InChI=1S/C18H21N3O3.ClH/c1-11-9-21(13(3)19-11)10-16-12(2)24-18(20-16)15-8-14(22-4)6-7-17(15)23-5;/h6-9H,10H2,1-5H3;1H. The Hall–Kier alpha value is -2.47. The van der Waals surface area contributed by atoms with Gasteiger partial charge in [-0.05, 0) is 39.0 Å². The van der Waals surface area contributed by atoms with E-state index < -0.39 is 0 Å². The van der Waals surface area contributed by atoms with Crippen LogP contribution in [-0.4, -0.2) is 28.8 Å². The van der Waals surface area contributed by atoms with Gasteiger partial charge in [-0.1, -0.05) is 0 Å². The molecule has 0 atom stereocenters. The highest BCUT2D eigenvalue weighted by Crippen LogP contribution is 2.34. The first-order valence-electron chi connectivity index (χ1n) is 7.71. The third-order valence-electron chi connectivity index (χ3n) is 3.95. The van der Waals surface area contributed by atoms with E-state index in [4.69, 9.17) is 13.9 Å².